The molecule has 4 saturated heterocycles. The maximum Gasteiger partial charge on any atom is 0.369 e. The number of nitrogens with zero attached hydrogens (tertiary/aromatic N) is 13. The van der Waals surface area contributed by atoms with Crippen LogP contribution in [0.1, 0.15) is 86.6 Å². The molecular formula is C54H74BBr3Cl2N14O5. The molecule has 0 saturated carbocycles. The van der Waals surface area contributed by atoms with Gasteiger partial charge < -0.3 is 43.9 Å². The van der Waals surface area contributed by atoms with Gasteiger partial charge in [-0.1, -0.05) is 43.8 Å². The van der Waals surface area contributed by atoms with Crippen LogP contribution in [-0.2, 0) is 48.9 Å². The SMILES string of the molecule is BrB(Br)Br.C.C=CC(=O)N1CCN(c2nc(OC[C@@H]3CCCN3C)nc3c2CN(Cc2[nH]c(=O)ccc2Cl)C3)[C@@H](C)C1.C=CC(=O)N1CCN(c2nc(OC[C@@H]3CCCN3C)nc3c2CN(Cc2nc(C)ccc2Cl)C3)[C@@H](C)C1. The van der Waals surface area contributed by atoms with Gasteiger partial charge in [0, 0.05) is 126 Å². The maximum absolute atomic E-state index is 12.2. The molecule has 4 fully saturated rings. The number of anilines is 2. The number of H-pyrrole nitrogens is 1. The third kappa shape index (κ3) is 16.1. The number of rotatable bonds is 14. The number of carbonyl (C=O) groups excluding carboxylic acids is 2. The smallest absolute Gasteiger partial charge is 0.369 e. The van der Waals surface area contributed by atoms with Crippen LogP contribution in [0.5, 0.6) is 12.0 Å². The molecule has 4 atom stereocenters. The molecule has 0 radical (unpaired) electrons. The molecule has 0 bridgehead atoms. The van der Waals surface area contributed by atoms with Crippen LogP contribution in [-0.4, -0.2) is 178 Å². The van der Waals surface area contributed by atoms with Crippen molar-refractivity contribution in [3.8, 4) is 12.0 Å². The van der Waals surface area contributed by atoms with Crippen LogP contribution in [0.15, 0.2) is 54.4 Å². The number of aromatic nitrogens is 6. The van der Waals surface area contributed by atoms with Gasteiger partial charge in [0.2, 0.25) is 17.4 Å². The zero-order chi connectivity index (χ0) is 55.8. The fraction of sp³-hybridized carbons (Fsp3) is 0.556. The number of hydrogen-bond donors (Lipinski definition) is 1. The van der Waals surface area contributed by atoms with Crippen molar-refractivity contribution in [1.29, 1.82) is 0 Å². The number of hydrogen-bond acceptors (Lipinski definition) is 16. The Bertz CT molecular complexity index is 2860. The van der Waals surface area contributed by atoms with E-state index in [1.807, 2.05) is 28.9 Å². The molecule has 10 rings (SSSR count). The molecule has 6 aliphatic rings. The highest BCUT2D eigenvalue weighted by Gasteiger charge is 2.36. The van der Waals surface area contributed by atoms with E-state index >= 15 is 0 Å². The molecule has 4 aromatic heterocycles. The Balaban J connectivity index is 0.000000212. The molecule has 2 amide bonds. The zero-order valence-corrected chi connectivity index (χ0v) is 51.4. The van der Waals surface area contributed by atoms with Gasteiger partial charge in [-0.15, -0.1) is 47.3 Å². The number of aryl methyl sites for hydroxylation is 1. The standard InChI is InChI=1S/C27H36ClN7O2.C26H34ClN7O3.CH4.BBr3/c1-5-25(36)34-11-12-35(19(3)13-34)26-21-14-33(16-24-22(28)9-8-18(2)29-24)15-23(21)30-27(31-26)37-17-20-7-6-10-32(20)4;1-4-24(36)33-10-11-34(17(2)12-33)25-19-13-32(15-22-20(27)7-8-23(35)28-22)14-21(19)29-26(30-25)37-16-18-6-5-9-31(18)3;;2-1(3)4/h5,8-9,19-20H,1,6-7,10-17H2,2-4H3;4,7-8,17-18H,1,5-6,9-16H2,2-3H3,(H,28,35);1H4;/t19-,20-;17-,18-;;/m00../s1. The molecular weight excluding hydrogens is 1250 g/mol. The van der Waals surface area contributed by atoms with Crippen LogP contribution in [0.25, 0.3) is 0 Å². The van der Waals surface area contributed by atoms with E-state index in [1.165, 1.54) is 31.1 Å². The average Bonchev–Trinajstić information content (AvgIpc) is 4.25. The van der Waals surface area contributed by atoms with Crippen LogP contribution >= 0.6 is 70.5 Å². The van der Waals surface area contributed by atoms with Crippen molar-refractivity contribution in [2.45, 2.75) is 117 Å². The number of fused-ring (bicyclic) bond motifs is 2. The molecule has 1 N–H and O–H groups in total. The van der Waals surface area contributed by atoms with Crippen LogP contribution in [0.4, 0.5) is 11.6 Å². The third-order valence-electron chi connectivity index (χ3n) is 15.3. The van der Waals surface area contributed by atoms with E-state index in [0.717, 1.165) is 71.5 Å². The lowest BCUT2D eigenvalue weighted by atomic mass is 10.1. The topological polar surface area (TPSA) is 176 Å². The Labute approximate surface area is 500 Å². The number of aromatic amines is 1. The number of pyridine rings is 2. The summed E-state index contributed by atoms with van der Waals surface area (Å²) in [7, 11) is 4.27. The van der Waals surface area contributed by atoms with Gasteiger partial charge in [-0.25, -0.2) is 0 Å². The van der Waals surface area contributed by atoms with E-state index in [0.29, 0.717) is 132 Å². The molecule has 25 heteroatoms. The van der Waals surface area contributed by atoms with Crippen molar-refractivity contribution in [1.82, 2.24) is 59.3 Å². The lowest BCUT2D eigenvalue weighted by Crippen LogP contribution is -2.54. The van der Waals surface area contributed by atoms with Gasteiger partial charge in [-0.05, 0) is 104 Å². The highest BCUT2D eigenvalue weighted by molar-refractivity contribution is 9.69. The Kier molecular flexibility index (Phi) is 22.7. The van der Waals surface area contributed by atoms with Crippen LogP contribution in [0, 0.1) is 6.92 Å². The van der Waals surface area contributed by atoms with E-state index in [1.54, 1.807) is 6.07 Å². The molecule has 0 aliphatic carbocycles. The molecule has 428 valence electrons. The largest absolute Gasteiger partial charge is 0.462 e. The predicted octanol–water partition coefficient (Wildman–Crippen LogP) is 7.87. The summed E-state index contributed by atoms with van der Waals surface area (Å²) < 4.78 is 12.6. The number of likely N-dealkylation sites (N-methyl/N-ethyl adjacent to an activating group) is 2. The Hall–Kier alpha value is -4.20. The highest BCUT2D eigenvalue weighted by Crippen LogP contribution is 2.36. The summed E-state index contributed by atoms with van der Waals surface area (Å²) >= 11 is 22.1. The molecule has 0 unspecified atom stereocenters. The van der Waals surface area contributed by atoms with Gasteiger partial charge in [0.15, 0.2) is 0 Å². The summed E-state index contributed by atoms with van der Waals surface area (Å²) in [5.74, 6) is 1.68. The third-order valence-corrected chi connectivity index (χ3v) is 16.0. The van der Waals surface area contributed by atoms with Gasteiger partial charge in [-0.2, -0.15) is 19.9 Å². The van der Waals surface area contributed by atoms with Crippen molar-refractivity contribution in [3.05, 3.63) is 110 Å². The van der Waals surface area contributed by atoms with Gasteiger partial charge >= 0.3 is 15.2 Å². The lowest BCUT2D eigenvalue weighted by molar-refractivity contribution is -0.127. The first kappa shape index (κ1) is 62.4. The van der Waals surface area contributed by atoms with Crippen molar-refractivity contribution in [2.75, 3.05) is 89.5 Å². The molecule has 10 heterocycles. The first-order valence-corrected chi connectivity index (χ1v) is 30.1. The summed E-state index contributed by atoms with van der Waals surface area (Å²) in [5, 5.41) is 1.21. The second kappa shape index (κ2) is 28.7. The quantitative estimate of drug-likeness (QED) is 0.0953. The minimum absolute atomic E-state index is 0. The Morgan fingerprint density at radius 1 is 0.696 bits per heavy atom. The summed E-state index contributed by atoms with van der Waals surface area (Å²) in [4.78, 5) is 80.7. The summed E-state index contributed by atoms with van der Waals surface area (Å²) in [6.45, 7) is 24.3. The van der Waals surface area contributed by atoms with Crippen molar-refractivity contribution in [3.63, 3.8) is 0 Å². The van der Waals surface area contributed by atoms with E-state index in [-0.39, 0.29) is 40.1 Å². The number of nitrogens with one attached hydrogen (secondary N) is 1. The Morgan fingerprint density at radius 2 is 1.16 bits per heavy atom. The number of halogens is 5. The monoisotopic (exact) mass is 1320 g/mol. The van der Waals surface area contributed by atoms with E-state index < -0.39 is 0 Å². The fourth-order valence-electron chi connectivity index (χ4n) is 11.1. The molecule has 19 nitrogen and oxygen atoms in total. The van der Waals surface area contributed by atoms with Gasteiger partial charge in [0.1, 0.15) is 24.8 Å². The molecule has 79 heavy (non-hydrogen) atoms. The molecule has 6 aliphatic heterocycles. The predicted molar refractivity (Wildman–Crippen MR) is 325 cm³/mol. The second-order valence-electron chi connectivity index (χ2n) is 20.8. The van der Waals surface area contributed by atoms with Crippen LogP contribution < -0.4 is 24.8 Å². The van der Waals surface area contributed by atoms with Crippen LogP contribution in [0.3, 0.4) is 0 Å². The summed E-state index contributed by atoms with van der Waals surface area (Å²) in [6, 6.07) is 8.63. The minimum Gasteiger partial charge on any atom is -0.462 e. The second-order valence-corrected chi connectivity index (χ2v) is 28.1. The summed E-state index contributed by atoms with van der Waals surface area (Å²) in [5.41, 5.74) is 6.40. The van der Waals surface area contributed by atoms with Gasteiger partial charge in [-0.3, -0.25) is 29.2 Å². The average molecular weight is 1320 g/mol. The number of carbonyl (C=O) groups is 2. The zero-order valence-electron chi connectivity index (χ0n) is 45.2. The highest BCUT2D eigenvalue weighted by atomic mass is 79.9. The molecule has 0 aromatic carbocycles. The molecule has 4 aromatic rings. The van der Waals surface area contributed by atoms with Gasteiger partial charge in [0.25, 0.3) is 0 Å². The first-order chi connectivity index (χ1) is 37.4. The van der Waals surface area contributed by atoms with Gasteiger partial charge in [0.05, 0.1) is 32.8 Å². The van der Waals surface area contributed by atoms with Crippen molar-refractivity contribution < 1.29 is 19.1 Å². The number of amides is 2. The normalized spacial score (nSPS) is 21.3. The van der Waals surface area contributed by atoms with Crippen LogP contribution in [0.2, 0.25) is 10.0 Å². The lowest BCUT2D eigenvalue weighted by Gasteiger charge is -2.40. The first-order valence-electron chi connectivity index (χ1n) is 26.6. The minimum atomic E-state index is -0.176. The Morgan fingerprint density at radius 3 is 1.61 bits per heavy atom. The summed E-state index contributed by atoms with van der Waals surface area (Å²) in [6.07, 6.45) is 7.35. The van der Waals surface area contributed by atoms with Crippen molar-refractivity contribution in [2.24, 2.45) is 0 Å². The number of ether oxygens (including phenoxy) is 2. The van der Waals surface area contributed by atoms with E-state index in [4.69, 9.17) is 52.6 Å². The van der Waals surface area contributed by atoms with Crippen molar-refractivity contribution >= 4 is 97.1 Å². The number of likely N-dealkylation sites (tertiary alicyclic amines) is 2. The fourth-order valence-corrected chi connectivity index (χ4v) is 11.4. The maximum atomic E-state index is 12.2. The number of piperazine rings is 2. The molecule has 0 spiro atoms. The van der Waals surface area contributed by atoms with E-state index in [2.05, 4.69) is 128 Å². The van der Waals surface area contributed by atoms with E-state index in [9.17, 15) is 14.4 Å².